The summed E-state index contributed by atoms with van der Waals surface area (Å²) in [6.45, 7) is 0.695. The molecule has 4 nitrogen and oxygen atoms in total. The van der Waals surface area contributed by atoms with Gasteiger partial charge in [0.25, 0.3) is 0 Å². The van der Waals surface area contributed by atoms with Gasteiger partial charge in [0, 0.05) is 36.3 Å². The van der Waals surface area contributed by atoms with Crippen LogP contribution >= 0.6 is 0 Å². The van der Waals surface area contributed by atoms with Crippen LogP contribution in [-0.4, -0.2) is 34.7 Å². The molecule has 0 saturated heterocycles. The van der Waals surface area contributed by atoms with Crippen molar-refractivity contribution in [2.24, 2.45) is 0 Å². The van der Waals surface area contributed by atoms with E-state index >= 15 is 0 Å². The number of aromatic amines is 1. The second-order valence-electron chi connectivity index (χ2n) is 5.99. The molecule has 0 aliphatic rings. The van der Waals surface area contributed by atoms with Crippen LogP contribution in [0.2, 0.25) is 0 Å². The van der Waals surface area contributed by atoms with Gasteiger partial charge in [-0.2, -0.15) is 0 Å². The molecular formula is C18H17F2N3O. The van der Waals surface area contributed by atoms with E-state index in [1.807, 2.05) is 25.1 Å². The van der Waals surface area contributed by atoms with Crippen LogP contribution < -0.4 is 0 Å². The fraction of sp³-hybridized carbons (Fsp3) is 0.222. The number of nitrogens with one attached hydrogen (secondary N) is 1. The number of ketones is 1. The molecule has 3 rings (SSSR count). The normalized spacial score (nSPS) is 11.4. The van der Waals surface area contributed by atoms with Gasteiger partial charge < -0.3 is 9.88 Å². The molecule has 0 saturated carbocycles. The van der Waals surface area contributed by atoms with Gasteiger partial charge in [-0.05, 0) is 37.4 Å². The summed E-state index contributed by atoms with van der Waals surface area (Å²) in [6.07, 6.45) is 3.12. The minimum atomic E-state index is -0.975. The van der Waals surface area contributed by atoms with Crippen LogP contribution in [0.25, 0.3) is 11.0 Å². The van der Waals surface area contributed by atoms with Crippen molar-refractivity contribution in [1.82, 2.24) is 14.9 Å². The standard InChI is InChI=1S/C18H17F2N3O/c1-23(2)10-11-6-13-14(9-22-18(13)21-8-11)16(24)7-12-4-3-5-15(19)17(12)20/h3-6,8-9H,7,10H2,1-2H3,(H,21,22). The number of aromatic nitrogens is 2. The number of fused-ring (bicyclic) bond motifs is 1. The van der Waals surface area contributed by atoms with Crippen molar-refractivity contribution in [2.45, 2.75) is 13.0 Å². The van der Waals surface area contributed by atoms with E-state index in [0.29, 0.717) is 23.1 Å². The highest BCUT2D eigenvalue weighted by molar-refractivity contribution is 6.08. The summed E-state index contributed by atoms with van der Waals surface area (Å²) in [7, 11) is 3.89. The van der Waals surface area contributed by atoms with E-state index in [1.54, 1.807) is 12.4 Å². The van der Waals surface area contributed by atoms with Gasteiger partial charge in [-0.25, -0.2) is 13.8 Å². The maximum atomic E-state index is 13.8. The lowest BCUT2D eigenvalue weighted by Gasteiger charge is -2.09. The maximum absolute atomic E-state index is 13.8. The third-order valence-electron chi connectivity index (χ3n) is 3.77. The van der Waals surface area contributed by atoms with E-state index in [9.17, 15) is 13.6 Å². The fourth-order valence-electron chi connectivity index (χ4n) is 2.68. The molecule has 1 N–H and O–H groups in total. The Labute approximate surface area is 138 Å². The molecule has 124 valence electrons. The van der Waals surface area contributed by atoms with Crippen molar-refractivity contribution < 1.29 is 13.6 Å². The average Bonchev–Trinajstić information content (AvgIpc) is 2.94. The molecule has 0 amide bonds. The first-order chi connectivity index (χ1) is 11.5. The summed E-state index contributed by atoms with van der Waals surface area (Å²) in [6, 6.07) is 5.74. The number of H-pyrrole nitrogens is 1. The number of hydrogen-bond acceptors (Lipinski definition) is 3. The molecule has 0 radical (unpaired) electrons. The van der Waals surface area contributed by atoms with Crippen LogP contribution in [0.4, 0.5) is 8.78 Å². The number of Topliss-reactive ketones (excluding diaryl/α,β-unsaturated/α-hetero) is 1. The van der Waals surface area contributed by atoms with Crippen LogP contribution in [0.15, 0.2) is 36.7 Å². The van der Waals surface area contributed by atoms with Crippen molar-refractivity contribution in [1.29, 1.82) is 0 Å². The van der Waals surface area contributed by atoms with Gasteiger partial charge in [-0.1, -0.05) is 12.1 Å². The number of carbonyl (C=O) groups excluding carboxylic acids is 1. The van der Waals surface area contributed by atoms with Crippen LogP contribution in [0.1, 0.15) is 21.5 Å². The van der Waals surface area contributed by atoms with Crippen LogP contribution in [0.5, 0.6) is 0 Å². The molecule has 0 fully saturated rings. The summed E-state index contributed by atoms with van der Waals surface area (Å²) in [5, 5.41) is 0.691. The first-order valence-electron chi connectivity index (χ1n) is 7.52. The highest BCUT2D eigenvalue weighted by Crippen LogP contribution is 2.21. The Bertz CT molecular complexity index is 902. The Kier molecular flexibility index (Phi) is 4.40. The molecule has 0 unspecified atom stereocenters. The number of rotatable bonds is 5. The molecule has 2 heterocycles. The van der Waals surface area contributed by atoms with Crippen molar-refractivity contribution in [3.63, 3.8) is 0 Å². The van der Waals surface area contributed by atoms with Gasteiger partial charge in [0.15, 0.2) is 17.4 Å². The number of benzene rings is 1. The Morgan fingerprint density at radius 1 is 1.29 bits per heavy atom. The summed E-state index contributed by atoms with van der Waals surface area (Å²) in [4.78, 5) is 21.8. The lowest BCUT2D eigenvalue weighted by atomic mass is 10.0. The summed E-state index contributed by atoms with van der Waals surface area (Å²) >= 11 is 0. The van der Waals surface area contributed by atoms with E-state index in [2.05, 4.69) is 9.97 Å². The second kappa shape index (κ2) is 6.49. The number of pyridine rings is 1. The van der Waals surface area contributed by atoms with E-state index < -0.39 is 11.6 Å². The summed E-state index contributed by atoms with van der Waals surface area (Å²) in [5.74, 6) is -2.21. The molecule has 0 aliphatic heterocycles. The van der Waals surface area contributed by atoms with Gasteiger partial charge >= 0.3 is 0 Å². The quantitative estimate of drug-likeness (QED) is 0.731. The number of halogens is 2. The van der Waals surface area contributed by atoms with Gasteiger partial charge in [-0.15, -0.1) is 0 Å². The molecule has 0 spiro atoms. The number of nitrogens with zero attached hydrogens (tertiary/aromatic N) is 2. The van der Waals surface area contributed by atoms with E-state index in [1.165, 1.54) is 12.1 Å². The molecule has 1 aromatic carbocycles. The van der Waals surface area contributed by atoms with Crippen LogP contribution in [0.3, 0.4) is 0 Å². The van der Waals surface area contributed by atoms with Crippen LogP contribution in [0, 0.1) is 11.6 Å². The zero-order valence-electron chi connectivity index (χ0n) is 13.4. The molecule has 0 atom stereocenters. The smallest absolute Gasteiger partial charge is 0.169 e. The van der Waals surface area contributed by atoms with Crippen molar-refractivity contribution in [2.75, 3.05) is 14.1 Å². The van der Waals surface area contributed by atoms with Crippen LogP contribution in [-0.2, 0) is 13.0 Å². The fourth-order valence-corrected chi connectivity index (χ4v) is 2.68. The van der Waals surface area contributed by atoms with Crippen molar-refractivity contribution in [3.05, 3.63) is 65.0 Å². The van der Waals surface area contributed by atoms with Gasteiger partial charge in [-0.3, -0.25) is 4.79 Å². The van der Waals surface area contributed by atoms with E-state index in [0.717, 1.165) is 11.6 Å². The topological polar surface area (TPSA) is 49.0 Å². The Hall–Kier alpha value is -2.60. The van der Waals surface area contributed by atoms with Gasteiger partial charge in [0.05, 0.1) is 0 Å². The summed E-state index contributed by atoms with van der Waals surface area (Å²) in [5.41, 5.74) is 2.05. The molecule has 0 aliphatic carbocycles. The first-order valence-corrected chi connectivity index (χ1v) is 7.52. The predicted octanol–water partition coefficient (Wildman–Crippen LogP) is 3.33. The minimum absolute atomic E-state index is 0.0479. The lowest BCUT2D eigenvalue weighted by Crippen LogP contribution is -2.11. The Morgan fingerprint density at radius 2 is 2.08 bits per heavy atom. The lowest BCUT2D eigenvalue weighted by molar-refractivity contribution is 0.0993. The molecule has 3 aromatic rings. The first kappa shape index (κ1) is 16.3. The van der Waals surface area contributed by atoms with Crippen molar-refractivity contribution in [3.8, 4) is 0 Å². The Balaban J connectivity index is 1.93. The van der Waals surface area contributed by atoms with Crippen molar-refractivity contribution >= 4 is 16.8 Å². The molecule has 2 aromatic heterocycles. The third-order valence-corrected chi connectivity index (χ3v) is 3.77. The molecule has 24 heavy (non-hydrogen) atoms. The Morgan fingerprint density at radius 3 is 2.83 bits per heavy atom. The van der Waals surface area contributed by atoms with E-state index in [-0.39, 0.29) is 17.8 Å². The average molecular weight is 329 g/mol. The highest BCUT2D eigenvalue weighted by atomic mass is 19.2. The molecular weight excluding hydrogens is 312 g/mol. The summed E-state index contributed by atoms with van der Waals surface area (Å²) < 4.78 is 27.1. The monoisotopic (exact) mass is 329 g/mol. The SMILES string of the molecule is CN(C)Cc1cnc2[nH]cc(C(=O)Cc3cccc(F)c3F)c2c1. The predicted molar refractivity (Wildman–Crippen MR) is 87.9 cm³/mol. The van der Waals surface area contributed by atoms with Gasteiger partial charge in [0.1, 0.15) is 5.65 Å². The van der Waals surface area contributed by atoms with E-state index in [4.69, 9.17) is 0 Å². The van der Waals surface area contributed by atoms with Gasteiger partial charge in [0.2, 0.25) is 0 Å². The highest BCUT2D eigenvalue weighted by Gasteiger charge is 2.17. The second-order valence-corrected chi connectivity index (χ2v) is 5.99. The molecule has 0 bridgehead atoms. The zero-order valence-corrected chi connectivity index (χ0v) is 13.4. The maximum Gasteiger partial charge on any atom is 0.169 e. The largest absolute Gasteiger partial charge is 0.345 e. The zero-order chi connectivity index (χ0) is 17.3. The number of carbonyl (C=O) groups is 1. The number of hydrogen-bond donors (Lipinski definition) is 1. The third kappa shape index (κ3) is 3.19. The molecule has 6 heteroatoms. The minimum Gasteiger partial charge on any atom is -0.345 e.